The Bertz CT molecular complexity index is 625. The average Bonchev–Trinajstić information content (AvgIpc) is 3.15. The third-order valence-electron chi connectivity index (χ3n) is 4.23. The highest BCUT2D eigenvalue weighted by atomic mass is 16.5. The molecule has 0 bridgehead atoms. The maximum absolute atomic E-state index is 12.4. The number of amides is 1. The summed E-state index contributed by atoms with van der Waals surface area (Å²) in [6.07, 6.45) is 3.70. The highest BCUT2D eigenvalue weighted by Gasteiger charge is 2.18. The molecule has 4 heteroatoms. The highest BCUT2D eigenvalue weighted by molar-refractivity contribution is 5.77. The van der Waals surface area contributed by atoms with E-state index in [1.54, 1.807) is 0 Å². The molecule has 24 heavy (non-hydrogen) atoms. The first kappa shape index (κ1) is 16.5. The van der Waals surface area contributed by atoms with Crippen LogP contribution >= 0.6 is 0 Å². The molecule has 1 atom stereocenters. The van der Waals surface area contributed by atoms with Gasteiger partial charge in [0.15, 0.2) is 0 Å². The van der Waals surface area contributed by atoms with Crippen molar-refractivity contribution < 1.29 is 9.53 Å². The van der Waals surface area contributed by atoms with Crippen molar-refractivity contribution in [3.05, 3.63) is 66.2 Å². The molecule has 1 amide bonds. The van der Waals surface area contributed by atoms with Gasteiger partial charge in [-0.1, -0.05) is 48.5 Å². The number of carbonyl (C=O) groups excluding carboxylic acids is 1. The SMILES string of the molecule is O=C(CCC1CCCO1)NN(Cc1ccccc1)c1ccccc1. The zero-order chi connectivity index (χ0) is 16.6. The number of nitrogens with one attached hydrogen (secondary N) is 1. The molecule has 2 aromatic rings. The first-order chi connectivity index (χ1) is 11.8. The Balaban J connectivity index is 1.62. The lowest BCUT2D eigenvalue weighted by Crippen LogP contribution is -2.42. The summed E-state index contributed by atoms with van der Waals surface area (Å²) in [5.41, 5.74) is 5.18. The molecule has 1 unspecified atom stereocenters. The maximum atomic E-state index is 12.4. The second-order valence-electron chi connectivity index (χ2n) is 6.12. The van der Waals surface area contributed by atoms with Crippen LogP contribution in [0.5, 0.6) is 0 Å². The van der Waals surface area contributed by atoms with E-state index in [9.17, 15) is 4.79 Å². The number of benzene rings is 2. The van der Waals surface area contributed by atoms with E-state index in [0.29, 0.717) is 13.0 Å². The van der Waals surface area contributed by atoms with Gasteiger partial charge in [-0.05, 0) is 37.0 Å². The Labute approximate surface area is 143 Å². The maximum Gasteiger partial charge on any atom is 0.238 e. The van der Waals surface area contributed by atoms with Crippen LogP contribution in [-0.4, -0.2) is 18.6 Å². The van der Waals surface area contributed by atoms with Crippen molar-refractivity contribution in [2.45, 2.75) is 38.3 Å². The van der Waals surface area contributed by atoms with Crippen LogP contribution in [0.3, 0.4) is 0 Å². The van der Waals surface area contributed by atoms with E-state index in [-0.39, 0.29) is 12.0 Å². The molecule has 0 aromatic heterocycles. The van der Waals surface area contributed by atoms with E-state index < -0.39 is 0 Å². The fourth-order valence-corrected chi connectivity index (χ4v) is 2.94. The van der Waals surface area contributed by atoms with Crippen molar-refractivity contribution in [1.29, 1.82) is 0 Å². The van der Waals surface area contributed by atoms with Crippen LogP contribution in [0.2, 0.25) is 0 Å². The number of nitrogens with zero attached hydrogens (tertiary/aromatic N) is 1. The highest BCUT2D eigenvalue weighted by Crippen LogP contribution is 2.18. The van der Waals surface area contributed by atoms with E-state index in [1.165, 1.54) is 0 Å². The summed E-state index contributed by atoms with van der Waals surface area (Å²) < 4.78 is 5.60. The largest absolute Gasteiger partial charge is 0.378 e. The van der Waals surface area contributed by atoms with Gasteiger partial charge in [-0.2, -0.15) is 0 Å². The number of carbonyl (C=O) groups is 1. The molecule has 3 rings (SSSR count). The van der Waals surface area contributed by atoms with Gasteiger partial charge in [0.25, 0.3) is 0 Å². The molecule has 1 saturated heterocycles. The fourth-order valence-electron chi connectivity index (χ4n) is 2.94. The summed E-state index contributed by atoms with van der Waals surface area (Å²) >= 11 is 0. The quantitative estimate of drug-likeness (QED) is 0.790. The Morgan fingerprint density at radius 1 is 1.08 bits per heavy atom. The number of hydrazine groups is 1. The third kappa shape index (κ3) is 4.83. The minimum absolute atomic E-state index is 0.0327. The van der Waals surface area contributed by atoms with E-state index in [0.717, 1.165) is 37.1 Å². The second kappa shape index (κ2) is 8.50. The van der Waals surface area contributed by atoms with E-state index in [4.69, 9.17) is 4.74 Å². The Morgan fingerprint density at radius 3 is 2.46 bits per heavy atom. The van der Waals surface area contributed by atoms with Gasteiger partial charge >= 0.3 is 0 Å². The standard InChI is InChI=1S/C20H24N2O2/c23-20(14-13-19-12-7-15-24-19)21-22(18-10-5-2-6-11-18)16-17-8-3-1-4-9-17/h1-6,8-11,19H,7,12-16H2,(H,21,23). The summed E-state index contributed by atoms with van der Waals surface area (Å²) in [6.45, 7) is 1.47. The second-order valence-corrected chi connectivity index (χ2v) is 6.12. The van der Waals surface area contributed by atoms with Crippen molar-refractivity contribution in [2.24, 2.45) is 0 Å². The van der Waals surface area contributed by atoms with Crippen molar-refractivity contribution in [1.82, 2.24) is 5.43 Å². The molecule has 1 aliphatic rings. The van der Waals surface area contributed by atoms with Crippen LogP contribution in [0.1, 0.15) is 31.2 Å². The van der Waals surface area contributed by atoms with Crippen molar-refractivity contribution in [3.63, 3.8) is 0 Å². The number of hydrogen-bond acceptors (Lipinski definition) is 3. The summed E-state index contributed by atoms with van der Waals surface area (Å²) in [7, 11) is 0. The number of anilines is 1. The van der Waals surface area contributed by atoms with E-state index >= 15 is 0 Å². The molecule has 1 fully saturated rings. The molecule has 0 spiro atoms. The predicted octanol–water partition coefficient (Wildman–Crippen LogP) is 3.68. The number of rotatable bonds is 7. The van der Waals surface area contributed by atoms with Crippen LogP contribution < -0.4 is 10.4 Å². The lowest BCUT2D eigenvalue weighted by molar-refractivity contribution is -0.121. The van der Waals surface area contributed by atoms with Gasteiger partial charge in [0.05, 0.1) is 18.3 Å². The molecule has 1 N–H and O–H groups in total. The Hall–Kier alpha value is -2.33. The number of ether oxygens (including phenoxy) is 1. The molecule has 1 heterocycles. The normalized spacial score (nSPS) is 16.8. The summed E-state index contributed by atoms with van der Waals surface area (Å²) in [5.74, 6) is 0.0327. The Kier molecular flexibility index (Phi) is 5.85. The van der Waals surface area contributed by atoms with Gasteiger partial charge in [-0.25, -0.2) is 0 Å². The van der Waals surface area contributed by atoms with Crippen LogP contribution in [0.15, 0.2) is 60.7 Å². The number of hydrogen-bond donors (Lipinski definition) is 1. The lowest BCUT2D eigenvalue weighted by Gasteiger charge is -2.26. The van der Waals surface area contributed by atoms with Gasteiger partial charge in [-0.15, -0.1) is 0 Å². The van der Waals surface area contributed by atoms with Gasteiger partial charge < -0.3 is 4.74 Å². The molecule has 2 aromatic carbocycles. The zero-order valence-corrected chi connectivity index (χ0v) is 13.9. The van der Waals surface area contributed by atoms with Gasteiger partial charge in [0.2, 0.25) is 5.91 Å². The topological polar surface area (TPSA) is 41.6 Å². The smallest absolute Gasteiger partial charge is 0.238 e. The molecule has 126 valence electrons. The van der Waals surface area contributed by atoms with Gasteiger partial charge in [-0.3, -0.25) is 15.2 Å². The lowest BCUT2D eigenvalue weighted by atomic mass is 10.1. The first-order valence-corrected chi connectivity index (χ1v) is 8.59. The minimum Gasteiger partial charge on any atom is -0.378 e. The zero-order valence-electron chi connectivity index (χ0n) is 13.9. The van der Waals surface area contributed by atoms with E-state index in [2.05, 4.69) is 17.6 Å². The third-order valence-corrected chi connectivity index (χ3v) is 4.23. The monoisotopic (exact) mass is 324 g/mol. The molecule has 0 aliphatic carbocycles. The van der Waals surface area contributed by atoms with Crippen molar-refractivity contribution in [2.75, 3.05) is 11.6 Å². The summed E-state index contributed by atoms with van der Waals surface area (Å²) in [4.78, 5) is 12.4. The average molecular weight is 324 g/mol. The molecule has 4 nitrogen and oxygen atoms in total. The van der Waals surface area contributed by atoms with Crippen LogP contribution in [0, 0.1) is 0 Å². The van der Waals surface area contributed by atoms with Gasteiger partial charge in [0, 0.05) is 13.0 Å². The van der Waals surface area contributed by atoms with Crippen LogP contribution in [-0.2, 0) is 16.1 Å². The first-order valence-electron chi connectivity index (χ1n) is 8.59. The molecular weight excluding hydrogens is 300 g/mol. The fraction of sp³-hybridized carbons (Fsp3) is 0.350. The minimum atomic E-state index is 0.0327. The molecular formula is C20H24N2O2. The molecule has 0 saturated carbocycles. The van der Waals surface area contributed by atoms with E-state index in [1.807, 2.05) is 53.5 Å². The molecule has 1 aliphatic heterocycles. The summed E-state index contributed by atoms with van der Waals surface area (Å²) in [6, 6.07) is 20.1. The van der Waals surface area contributed by atoms with Gasteiger partial charge in [0.1, 0.15) is 0 Å². The summed E-state index contributed by atoms with van der Waals surface area (Å²) in [5, 5.41) is 1.91. The van der Waals surface area contributed by atoms with Crippen molar-refractivity contribution in [3.8, 4) is 0 Å². The number of para-hydroxylation sites is 1. The van der Waals surface area contributed by atoms with Crippen LogP contribution in [0.4, 0.5) is 5.69 Å². The Morgan fingerprint density at radius 2 is 1.79 bits per heavy atom. The predicted molar refractivity (Wildman–Crippen MR) is 95.4 cm³/mol. The van der Waals surface area contributed by atoms with Crippen LogP contribution in [0.25, 0.3) is 0 Å². The molecule has 0 radical (unpaired) electrons. The van der Waals surface area contributed by atoms with Crippen molar-refractivity contribution >= 4 is 11.6 Å².